The zero-order valence-corrected chi connectivity index (χ0v) is 12.5. The predicted molar refractivity (Wildman–Crippen MR) is 73.3 cm³/mol. The van der Waals surface area contributed by atoms with Gasteiger partial charge >= 0.3 is 5.97 Å². The second-order valence-corrected chi connectivity index (χ2v) is 5.49. The van der Waals surface area contributed by atoms with E-state index in [1.165, 1.54) is 6.92 Å². The van der Waals surface area contributed by atoms with Crippen molar-refractivity contribution >= 4 is 5.97 Å². The topological polar surface area (TPSA) is 116 Å². The molecule has 6 atom stereocenters. The Labute approximate surface area is 123 Å². The Hall–Kier alpha value is -0.990. The van der Waals surface area contributed by atoms with Crippen molar-refractivity contribution in [3.8, 4) is 0 Å². The van der Waals surface area contributed by atoms with Crippen LogP contribution in [0.15, 0.2) is 11.6 Å². The molecule has 4 N–H and O–H groups in total. The lowest BCUT2D eigenvalue weighted by atomic mass is 9.89. The van der Waals surface area contributed by atoms with Crippen LogP contribution in [0.3, 0.4) is 0 Å². The largest absolute Gasteiger partial charge is 0.461 e. The number of hydrogen-bond acceptors (Lipinski definition) is 7. The number of carbonyl (C=O) groups is 1. The Morgan fingerprint density at radius 3 is 2.38 bits per heavy atom. The van der Waals surface area contributed by atoms with Gasteiger partial charge in [-0.05, 0) is 26.8 Å². The van der Waals surface area contributed by atoms with E-state index in [2.05, 4.69) is 0 Å². The van der Waals surface area contributed by atoms with Crippen LogP contribution in [0, 0.1) is 5.92 Å². The molecule has 7 heteroatoms. The Balaban J connectivity index is 2.69. The molecule has 21 heavy (non-hydrogen) atoms. The van der Waals surface area contributed by atoms with Crippen molar-refractivity contribution in [3.05, 3.63) is 11.6 Å². The maximum Gasteiger partial charge on any atom is 0.311 e. The van der Waals surface area contributed by atoms with Crippen LogP contribution >= 0.6 is 0 Å². The van der Waals surface area contributed by atoms with E-state index in [0.29, 0.717) is 0 Å². The van der Waals surface area contributed by atoms with Gasteiger partial charge in [0.1, 0.15) is 31.0 Å². The summed E-state index contributed by atoms with van der Waals surface area (Å²) in [5.41, 5.74) is 1.00. The van der Waals surface area contributed by atoms with Gasteiger partial charge in [0.15, 0.2) is 0 Å². The van der Waals surface area contributed by atoms with Crippen molar-refractivity contribution in [2.75, 3.05) is 13.2 Å². The minimum atomic E-state index is -1.49. The average Bonchev–Trinajstić information content (AvgIpc) is 2.44. The number of aliphatic hydroxyl groups excluding tert-OH is 4. The Kier molecular flexibility index (Phi) is 6.76. The van der Waals surface area contributed by atoms with Gasteiger partial charge in [0, 0.05) is 0 Å². The van der Waals surface area contributed by atoms with Gasteiger partial charge in [-0.15, -0.1) is 0 Å². The molecule has 2 unspecified atom stereocenters. The summed E-state index contributed by atoms with van der Waals surface area (Å²) in [6, 6.07) is 0. The minimum absolute atomic E-state index is 0.114. The number of aliphatic hydroxyl groups is 4. The maximum absolute atomic E-state index is 11.9. The van der Waals surface area contributed by atoms with E-state index >= 15 is 0 Å². The van der Waals surface area contributed by atoms with Crippen molar-refractivity contribution in [2.24, 2.45) is 5.92 Å². The molecular weight excluding hydrogens is 280 g/mol. The summed E-state index contributed by atoms with van der Waals surface area (Å²) < 4.78 is 10.3. The number of hydrogen-bond donors (Lipinski definition) is 4. The SMILES string of the molecule is CC(C)=CCOC(=O)C(C)C1O[C@H](CO)[C@H](O)[C@H](O)[C@H]1O. The van der Waals surface area contributed by atoms with Crippen LogP contribution in [0.25, 0.3) is 0 Å². The van der Waals surface area contributed by atoms with Gasteiger partial charge in [0.2, 0.25) is 0 Å². The molecule has 0 aromatic rings. The molecule has 1 saturated heterocycles. The highest BCUT2D eigenvalue weighted by atomic mass is 16.6. The minimum Gasteiger partial charge on any atom is -0.461 e. The Bertz CT molecular complexity index is 376. The van der Waals surface area contributed by atoms with Crippen LogP contribution < -0.4 is 0 Å². The summed E-state index contributed by atoms with van der Waals surface area (Å²) in [5, 5.41) is 38.4. The van der Waals surface area contributed by atoms with Gasteiger partial charge in [0.05, 0.1) is 18.6 Å². The van der Waals surface area contributed by atoms with Crippen molar-refractivity contribution in [2.45, 2.75) is 51.3 Å². The second-order valence-electron chi connectivity index (χ2n) is 5.49. The smallest absolute Gasteiger partial charge is 0.311 e. The summed E-state index contributed by atoms with van der Waals surface area (Å²) in [4.78, 5) is 11.9. The number of rotatable bonds is 5. The van der Waals surface area contributed by atoms with Crippen LogP contribution in [0.2, 0.25) is 0 Å². The van der Waals surface area contributed by atoms with Gasteiger partial charge in [-0.25, -0.2) is 0 Å². The number of carbonyl (C=O) groups excluding carboxylic acids is 1. The normalized spacial score (nSPS) is 34.1. The van der Waals surface area contributed by atoms with Crippen LogP contribution in [-0.4, -0.2) is 70.1 Å². The zero-order chi connectivity index (χ0) is 16.2. The van der Waals surface area contributed by atoms with Crippen LogP contribution in [0.4, 0.5) is 0 Å². The van der Waals surface area contributed by atoms with Gasteiger partial charge in [-0.2, -0.15) is 0 Å². The van der Waals surface area contributed by atoms with E-state index < -0.39 is 49.0 Å². The zero-order valence-electron chi connectivity index (χ0n) is 12.5. The van der Waals surface area contributed by atoms with E-state index in [1.807, 2.05) is 13.8 Å². The maximum atomic E-state index is 11.9. The van der Waals surface area contributed by atoms with Crippen molar-refractivity contribution in [1.29, 1.82) is 0 Å². The molecule has 0 aromatic carbocycles. The fourth-order valence-corrected chi connectivity index (χ4v) is 2.10. The molecule has 0 bridgehead atoms. The third kappa shape index (κ3) is 4.49. The fraction of sp³-hybridized carbons (Fsp3) is 0.786. The molecule has 0 saturated carbocycles. The highest BCUT2D eigenvalue weighted by Gasteiger charge is 2.47. The highest BCUT2D eigenvalue weighted by Crippen LogP contribution is 2.26. The fourth-order valence-electron chi connectivity index (χ4n) is 2.10. The first-order chi connectivity index (χ1) is 9.79. The van der Waals surface area contributed by atoms with Crippen molar-refractivity contribution in [1.82, 2.24) is 0 Å². The number of esters is 1. The third-order valence-electron chi connectivity index (χ3n) is 3.51. The molecular formula is C14H24O7. The molecule has 122 valence electrons. The predicted octanol–water partition coefficient (Wildman–Crippen LogP) is -1.03. The molecule has 7 nitrogen and oxygen atoms in total. The Morgan fingerprint density at radius 1 is 1.24 bits per heavy atom. The first-order valence-electron chi connectivity index (χ1n) is 6.90. The molecule has 1 aliphatic rings. The molecule has 1 heterocycles. The lowest BCUT2D eigenvalue weighted by molar-refractivity contribution is -0.241. The van der Waals surface area contributed by atoms with Crippen molar-refractivity contribution < 1.29 is 34.7 Å². The Morgan fingerprint density at radius 2 is 1.86 bits per heavy atom. The van der Waals surface area contributed by atoms with E-state index in [0.717, 1.165) is 5.57 Å². The standard InChI is InChI=1S/C14H24O7/c1-7(2)4-5-20-14(19)8(3)13-12(18)11(17)10(16)9(6-15)21-13/h4,8-13,15-18H,5-6H2,1-3H3/t8?,9-,10+,11+,12-,13?/m1/s1. The van der Waals surface area contributed by atoms with E-state index in [9.17, 15) is 20.1 Å². The molecule has 1 aliphatic heterocycles. The molecule has 0 aliphatic carbocycles. The van der Waals surface area contributed by atoms with E-state index in [-0.39, 0.29) is 6.61 Å². The molecule has 0 spiro atoms. The summed E-state index contributed by atoms with van der Waals surface area (Å²) >= 11 is 0. The molecule has 1 rings (SSSR count). The molecule has 1 fully saturated rings. The van der Waals surface area contributed by atoms with Gasteiger partial charge in [-0.1, -0.05) is 5.57 Å². The lowest BCUT2D eigenvalue weighted by Crippen LogP contribution is -2.60. The van der Waals surface area contributed by atoms with E-state index in [4.69, 9.17) is 14.6 Å². The summed E-state index contributed by atoms with van der Waals surface area (Å²) in [7, 11) is 0. The summed E-state index contributed by atoms with van der Waals surface area (Å²) in [6.07, 6.45) is -4.71. The van der Waals surface area contributed by atoms with Gasteiger partial charge in [0.25, 0.3) is 0 Å². The summed E-state index contributed by atoms with van der Waals surface area (Å²) in [5.74, 6) is -1.43. The quantitative estimate of drug-likeness (QED) is 0.379. The molecule has 0 amide bonds. The highest BCUT2D eigenvalue weighted by molar-refractivity contribution is 5.73. The van der Waals surface area contributed by atoms with Crippen LogP contribution in [-0.2, 0) is 14.3 Å². The van der Waals surface area contributed by atoms with Gasteiger partial charge in [-0.3, -0.25) is 4.79 Å². The second kappa shape index (κ2) is 7.86. The average molecular weight is 304 g/mol. The molecule has 0 radical (unpaired) electrons. The monoisotopic (exact) mass is 304 g/mol. The number of ether oxygens (including phenoxy) is 2. The first-order valence-corrected chi connectivity index (χ1v) is 6.90. The third-order valence-corrected chi connectivity index (χ3v) is 3.51. The molecule has 0 aromatic heterocycles. The summed E-state index contributed by atoms with van der Waals surface area (Å²) in [6.45, 7) is 4.82. The van der Waals surface area contributed by atoms with Gasteiger partial charge < -0.3 is 29.9 Å². The first kappa shape index (κ1) is 18.1. The van der Waals surface area contributed by atoms with E-state index in [1.54, 1.807) is 6.08 Å². The van der Waals surface area contributed by atoms with Crippen LogP contribution in [0.5, 0.6) is 0 Å². The van der Waals surface area contributed by atoms with Crippen molar-refractivity contribution in [3.63, 3.8) is 0 Å². The van der Waals surface area contributed by atoms with Crippen LogP contribution in [0.1, 0.15) is 20.8 Å². The number of allylic oxidation sites excluding steroid dienone is 1. The lowest BCUT2D eigenvalue weighted by Gasteiger charge is -2.41.